The molecule has 0 aliphatic rings. The van der Waals surface area contributed by atoms with Gasteiger partial charge in [-0.1, -0.05) is 79.1 Å². The van der Waals surface area contributed by atoms with Crippen LogP contribution >= 0.6 is 0 Å². The number of rotatable bonds is 16. The molecule has 3 N–H and O–H groups in total. The molecule has 0 radical (unpaired) electrons. The summed E-state index contributed by atoms with van der Waals surface area (Å²) in [6.07, 6.45) is 5.81. The molecule has 0 aliphatic carbocycles. The number of hydrogen-bond acceptors (Lipinski definition) is 4. The van der Waals surface area contributed by atoms with Crippen molar-refractivity contribution in [2.75, 3.05) is 0 Å². The molecular formula is C20H39NaO7S. The minimum absolute atomic E-state index is 0. The van der Waals surface area contributed by atoms with E-state index in [0.29, 0.717) is 25.7 Å². The van der Waals surface area contributed by atoms with Gasteiger partial charge in [-0.05, 0) is 24.7 Å². The second-order valence-corrected chi connectivity index (χ2v) is 9.28. The molecule has 0 rings (SSSR count). The maximum atomic E-state index is 12.5. The van der Waals surface area contributed by atoms with Crippen molar-refractivity contribution in [2.45, 2.75) is 96.7 Å². The predicted octanol–water partition coefficient (Wildman–Crippen LogP) is 1.73. The van der Waals surface area contributed by atoms with E-state index < -0.39 is 44.6 Å². The second-order valence-electron chi connectivity index (χ2n) is 7.65. The molecule has 0 amide bonds. The third-order valence-electron chi connectivity index (χ3n) is 5.92. The zero-order valence-electron chi connectivity index (χ0n) is 19.7. The number of carboxylic acid groups (broad SMARTS) is 2. The Morgan fingerprint density at radius 1 is 0.897 bits per heavy atom. The van der Waals surface area contributed by atoms with Crippen molar-refractivity contribution in [3.8, 4) is 0 Å². The molecule has 4 unspecified atom stereocenters. The van der Waals surface area contributed by atoms with Crippen LogP contribution in [0.4, 0.5) is 0 Å². The zero-order chi connectivity index (χ0) is 22.0. The Kier molecular flexibility index (Phi) is 15.8. The first-order valence-corrected chi connectivity index (χ1v) is 11.9. The van der Waals surface area contributed by atoms with Crippen LogP contribution in [0.3, 0.4) is 0 Å². The first kappa shape index (κ1) is 31.0. The van der Waals surface area contributed by atoms with Gasteiger partial charge < -0.3 is 11.6 Å². The van der Waals surface area contributed by atoms with Crippen LogP contribution in [-0.2, 0) is 19.7 Å². The van der Waals surface area contributed by atoms with Gasteiger partial charge in [0.25, 0.3) is 10.1 Å². The summed E-state index contributed by atoms with van der Waals surface area (Å²) in [5.74, 6) is -6.57. The second kappa shape index (κ2) is 14.8. The van der Waals surface area contributed by atoms with Crippen molar-refractivity contribution in [2.24, 2.45) is 17.8 Å². The summed E-state index contributed by atoms with van der Waals surface area (Å²) in [6, 6.07) is 0. The molecule has 0 fully saturated rings. The van der Waals surface area contributed by atoms with E-state index in [4.69, 9.17) is 0 Å². The predicted molar refractivity (Wildman–Crippen MR) is 110 cm³/mol. The van der Waals surface area contributed by atoms with E-state index in [0.717, 1.165) is 25.7 Å². The zero-order valence-corrected chi connectivity index (χ0v) is 21.5. The fourth-order valence-electron chi connectivity index (χ4n) is 4.40. The van der Waals surface area contributed by atoms with Gasteiger partial charge in [0.1, 0.15) is 0 Å². The molecule has 0 heterocycles. The van der Waals surface area contributed by atoms with Crippen molar-refractivity contribution < 1.29 is 63.8 Å². The van der Waals surface area contributed by atoms with Crippen LogP contribution in [0.25, 0.3) is 0 Å². The number of carboxylic acids is 2. The topological polar surface area (TPSA) is 129 Å². The molecule has 0 aromatic carbocycles. The molecule has 0 saturated carbocycles. The van der Waals surface area contributed by atoms with Gasteiger partial charge in [-0.15, -0.1) is 0 Å². The van der Waals surface area contributed by atoms with E-state index in [1.54, 1.807) is 13.8 Å². The Labute approximate surface area is 199 Å². The molecular weight excluding hydrogens is 407 g/mol. The molecule has 0 aromatic heterocycles. The van der Waals surface area contributed by atoms with Crippen LogP contribution in [0.1, 0.15) is 93.3 Å². The first-order chi connectivity index (χ1) is 13.1. The summed E-state index contributed by atoms with van der Waals surface area (Å²) in [7, 11) is -5.18. The Morgan fingerprint density at radius 3 is 1.69 bits per heavy atom. The summed E-state index contributed by atoms with van der Waals surface area (Å²) in [5.41, 5.74) is 0. The molecule has 168 valence electrons. The third-order valence-corrected chi connectivity index (χ3v) is 7.53. The van der Waals surface area contributed by atoms with Gasteiger partial charge in [0, 0.05) is 0 Å². The molecule has 0 spiro atoms. The summed E-state index contributed by atoms with van der Waals surface area (Å²) in [4.78, 5) is 24.6. The van der Waals surface area contributed by atoms with Crippen molar-refractivity contribution in [3.63, 3.8) is 0 Å². The van der Waals surface area contributed by atoms with Gasteiger partial charge >= 0.3 is 41.5 Å². The Morgan fingerprint density at radius 2 is 1.38 bits per heavy atom. The van der Waals surface area contributed by atoms with Crippen LogP contribution in [0.2, 0.25) is 0 Å². The smallest absolute Gasteiger partial charge is 1.00 e. The molecule has 0 aliphatic heterocycles. The van der Waals surface area contributed by atoms with Crippen LogP contribution in [0.15, 0.2) is 0 Å². The number of hydrogen-bond donors (Lipinski definition) is 3. The summed E-state index contributed by atoms with van der Waals surface area (Å²) < 4.78 is 32.4. The van der Waals surface area contributed by atoms with Gasteiger partial charge in [-0.3, -0.25) is 14.1 Å². The number of carbonyl (C=O) groups is 2. The molecule has 7 nitrogen and oxygen atoms in total. The first-order valence-electron chi connectivity index (χ1n) is 10.5. The van der Waals surface area contributed by atoms with E-state index in [-0.39, 0.29) is 43.8 Å². The summed E-state index contributed by atoms with van der Waals surface area (Å²) in [5, 5.41) is 20.0. The average molecular weight is 447 g/mol. The molecule has 0 bridgehead atoms. The standard InChI is InChI=1S/C20H38O7S.Na.H/c1-5-9-11-13-15(7-3)17(18(21)22)20(19(23)24,28(25,26)27)16(8-4)14-12-10-6-2;;/h15-17H,5-14H2,1-4H3,(H,21,22)(H,23,24)(H,25,26,27);;/q;+1;-1. The van der Waals surface area contributed by atoms with Crippen LogP contribution in [0.5, 0.6) is 0 Å². The van der Waals surface area contributed by atoms with Crippen LogP contribution < -0.4 is 29.6 Å². The normalized spacial score (nSPS) is 16.9. The maximum Gasteiger partial charge on any atom is 1.00 e. The van der Waals surface area contributed by atoms with E-state index >= 15 is 0 Å². The molecule has 4 atom stereocenters. The third kappa shape index (κ3) is 7.80. The van der Waals surface area contributed by atoms with Crippen molar-refractivity contribution >= 4 is 22.1 Å². The Hall–Kier alpha value is -0.150. The fraction of sp³-hybridized carbons (Fsp3) is 0.900. The largest absolute Gasteiger partial charge is 1.00 e. The van der Waals surface area contributed by atoms with Crippen molar-refractivity contribution in [1.82, 2.24) is 0 Å². The van der Waals surface area contributed by atoms with E-state index in [2.05, 4.69) is 0 Å². The summed E-state index contributed by atoms with van der Waals surface area (Å²) >= 11 is 0. The minimum atomic E-state index is -5.18. The average Bonchev–Trinajstić information content (AvgIpc) is 2.60. The van der Waals surface area contributed by atoms with E-state index in [9.17, 15) is 32.8 Å². The van der Waals surface area contributed by atoms with E-state index in [1.165, 1.54) is 0 Å². The SMILES string of the molecule is CCCCCC(CC)C(C(=O)O)C(C(=O)O)(C(CC)CCCCC)S(=O)(=O)O.[H-].[Na+]. The van der Waals surface area contributed by atoms with Gasteiger partial charge in [0.2, 0.25) is 4.75 Å². The fourth-order valence-corrected chi connectivity index (χ4v) is 5.94. The maximum absolute atomic E-state index is 12.5. The van der Waals surface area contributed by atoms with Crippen molar-refractivity contribution in [1.29, 1.82) is 0 Å². The van der Waals surface area contributed by atoms with Gasteiger partial charge in [0.05, 0.1) is 5.92 Å². The van der Waals surface area contributed by atoms with Crippen LogP contribution in [-0.4, -0.2) is 39.9 Å². The molecule has 0 aromatic rings. The quantitative estimate of drug-likeness (QED) is 0.187. The molecule has 0 saturated heterocycles. The van der Waals surface area contributed by atoms with Gasteiger partial charge in [0.15, 0.2) is 0 Å². The summed E-state index contributed by atoms with van der Waals surface area (Å²) in [6.45, 7) is 7.35. The van der Waals surface area contributed by atoms with E-state index in [1.807, 2.05) is 13.8 Å². The number of aliphatic carboxylic acids is 2. The minimum Gasteiger partial charge on any atom is -1.00 e. The van der Waals surface area contributed by atoms with Crippen LogP contribution in [0, 0.1) is 17.8 Å². The van der Waals surface area contributed by atoms with Crippen molar-refractivity contribution in [3.05, 3.63) is 0 Å². The number of unbranched alkanes of at least 4 members (excludes halogenated alkanes) is 4. The Balaban J connectivity index is -0.00000364. The molecule has 29 heavy (non-hydrogen) atoms. The van der Waals surface area contributed by atoms with Gasteiger partial charge in [-0.2, -0.15) is 8.42 Å². The Bertz CT molecular complexity index is 600. The van der Waals surface area contributed by atoms with Gasteiger partial charge in [-0.25, -0.2) is 0 Å². The monoisotopic (exact) mass is 446 g/mol. The molecule has 9 heteroatoms.